The second-order valence-corrected chi connectivity index (χ2v) is 4.11. The molecule has 8 nitrogen and oxygen atoms in total. The normalized spacial score (nSPS) is 13.4. The fraction of sp³-hybridized carbons (Fsp3) is 0.583. The van der Waals surface area contributed by atoms with Gasteiger partial charge in [0, 0.05) is 19.7 Å². The summed E-state index contributed by atoms with van der Waals surface area (Å²) in [6.07, 6.45) is -0.773. The molecule has 2 atom stereocenters. The SMILES string of the molecule is COc1ncc(C(O)C(O)CCNC(C)=O)c(OC)n1. The van der Waals surface area contributed by atoms with Crippen LogP contribution in [0, 0.1) is 0 Å². The van der Waals surface area contributed by atoms with Gasteiger partial charge in [-0.25, -0.2) is 4.98 Å². The van der Waals surface area contributed by atoms with Gasteiger partial charge in [0.1, 0.15) is 6.10 Å². The first-order valence-corrected chi connectivity index (χ1v) is 6.05. The highest BCUT2D eigenvalue weighted by molar-refractivity contribution is 5.72. The van der Waals surface area contributed by atoms with Crippen LogP contribution in [-0.4, -0.2) is 53.0 Å². The average molecular weight is 285 g/mol. The van der Waals surface area contributed by atoms with Crippen LogP contribution < -0.4 is 14.8 Å². The van der Waals surface area contributed by atoms with Crippen molar-refractivity contribution in [2.24, 2.45) is 0 Å². The summed E-state index contributed by atoms with van der Waals surface area (Å²) >= 11 is 0. The van der Waals surface area contributed by atoms with Crippen LogP contribution in [0.4, 0.5) is 0 Å². The predicted octanol–water partition coefficient (Wildman–Crippen LogP) is -0.586. The van der Waals surface area contributed by atoms with E-state index in [9.17, 15) is 15.0 Å². The molecule has 2 unspecified atom stereocenters. The smallest absolute Gasteiger partial charge is 0.319 e. The molecule has 0 radical (unpaired) electrons. The number of aliphatic hydroxyl groups excluding tert-OH is 2. The molecule has 0 aliphatic carbocycles. The topological polar surface area (TPSA) is 114 Å². The number of methoxy groups -OCH3 is 2. The third kappa shape index (κ3) is 4.32. The second kappa shape index (κ2) is 7.61. The summed E-state index contributed by atoms with van der Waals surface area (Å²) in [4.78, 5) is 18.5. The molecule has 0 saturated carbocycles. The minimum atomic E-state index is -1.22. The molecular formula is C12H19N3O5. The van der Waals surface area contributed by atoms with Gasteiger partial charge in [-0.2, -0.15) is 4.98 Å². The first-order valence-electron chi connectivity index (χ1n) is 6.05. The van der Waals surface area contributed by atoms with E-state index in [1.54, 1.807) is 0 Å². The molecule has 0 saturated heterocycles. The van der Waals surface area contributed by atoms with Crippen LogP contribution >= 0.6 is 0 Å². The minimum Gasteiger partial charge on any atom is -0.481 e. The van der Waals surface area contributed by atoms with E-state index in [2.05, 4.69) is 15.3 Å². The molecule has 1 rings (SSSR count). The highest BCUT2D eigenvalue weighted by Gasteiger charge is 2.23. The van der Waals surface area contributed by atoms with Crippen LogP contribution in [-0.2, 0) is 4.79 Å². The van der Waals surface area contributed by atoms with Gasteiger partial charge in [-0.15, -0.1) is 0 Å². The molecule has 0 aliphatic heterocycles. The van der Waals surface area contributed by atoms with Crippen molar-refractivity contribution in [3.8, 4) is 11.9 Å². The first kappa shape index (κ1) is 16.1. The summed E-state index contributed by atoms with van der Waals surface area (Å²) in [7, 11) is 2.80. The lowest BCUT2D eigenvalue weighted by molar-refractivity contribution is -0.119. The van der Waals surface area contributed by atoms with E-state index >= 15 is 0 Å². The Morgan fingerprint density at radius 3 is 2.65 bits per heavy atom. The Bertz CT molecular complexity index is 455. The first-order chi connectivity index (χ1) is 9.49. The van der Waals surface area contributed by atoms with E-state index in [4.69, 9.17) is 9.47 Å². The van der Waals surface area contributed by atoms with Crippen molar-refractivity contribution in [1.29, 1.82) is 0 Å². The zero-order chi connectivity index (χ0) is 15.1. The maximum atomic E-state index is 10.7. The van der Waals surface area contributed by atoms with Gasteiger partial charge in [-0.05, 0) is 6.42 Å². The van der Waals surface area contributed by atoms with Crippen molar-refractivity contribution in [1.82, 2.24) is 15.3 Å². The lowest BCUT2D eigenvalue weighted by Crippen LogP contribution is -2.28. The third-order valence-corrected chi connectivity index (χ3v) is 2.63. The van der Waals surface area contributed by atoms with Gasteiger partial charge in [-0.3, -0.25) is 4.79 Å². The highest BCUT2D eigenvalue weighted by Crippen LogP contribution is 2.27. The summed E-state index contributed by atoms with van der Waals surface area (Å²) in [5.41, 5.74) is 0.253. The fourth-order valence-corrected chi connectivity index (χ4v) is 1.59. The molecule has 8 heteroatoms. The molecule has 1 amide bonds. The molecule has 0 bridgehead atoms. The number of carbonyl (C=O) groups excluding carboxylic acids is 1. The summed E-state index contributed by atoms with van der Waals surface area (Å²) in [6.45, 7) is 1.63. The molecule has 0 aromatic carbocycles. The number of nitrogens with zero attached hydrogens (tertiary/aromatic N) is 2. The van der Waals surface area contributed by atoms with Crippen LogP contribution in [0.5, 0.6) is 11.9 Å². The van der Waals surface area contributed by atoms with Crippen molar-refractivity contribution in [2.45, 2.75) is 25.6 Å². The van der Waals surface area contributed by atoms with Gasteiger partial charge in [-0.1, -0.05) is 0 Å². The monoisotopic (exact) mass is 285 g/mol. The second-order valence-electron chi connectivity index (χ2n) is 4.11. The van der Waals surface area contributed by atoms with Crippen molar-refractivity contribution >= 4 is 5.91 Å². The van der Waals surface area contributed by atoms with Gasteiger partial charge >= 0.3 is 6.01 Å². The lowest BCUT2D eigenvalue weighted by atomic mass is 10.0. The van der Waals surface area contributed by atoms with Gasteiger partial charge < -0.3 is 25.0 Å². The maximum Gasteiger partial charge on any atom is 0.319 e. The van der Waals surface area contributed by atoms with Crippen molar-refractivity contribution in [3.63, 3.8) is 0 Å². The molecule has 1 heterocycles. The summed E-state index contributed by atoms with van der Waals surface area (Å²) in [5.74, 6) is -0.0695. The Morgan fingerprint density at radius 1 is 1.40 bits per heavy atom. The maximum absolute atomic E-state index is 10.7. The number of hydrogen-bond donors (Lipinski definition) is 3. The largest absolute Gasteiger partial charge is 0.481 e. The van der Waals surface area contributed by atoms with Crippen molar-refractivity contribution in [3.05, 3.63) is 11.8 Å². The molecule has 0 fully saturated rings. The number of aromatic nitrogens is 2. The van der Waals surface area contributed by atoms with Crippen LogP contribution in [0.15, 0.2) is 6.20 Å². The van der Waals surface area contributed by atoms with Crippen LogP contribution in [0.25, 0.3) is 0 Å². The van der Waals surface area contributed by atoms with E-state index in [0.717, 1.165) is 0 Å². The zero-order valence-electron chi connectivity index (χ0n) is 11.7. The standard InChI is InChI=1S/C12H19N3O5/c1-7(16)13-5-4-9(17)10(18)8-6-14-12(20-3)15-11(8)19-2/h6,9-10,17-18H,4-5H2,1-3H3,(H,13,16). The van der Waals surface area contributed by atoms with Crippen molar-refractivity contribution in [2.75, 3.05) is 20.8 Å². The molecule has 1 aromatic heterocycles. The summed E-state index contributed by atoms with van der Waals surface area (Å²) in [6, 6.07) is 0.102. The van der Waals surface area contributed by atoms with Crippen LogP contribution in [0.2, 0.25) is 0 Å². The molecule has 0 spiro atoms. The summed E-state index contributed by atoms with van der Waals surface area (Å²) in [5, 5.41) is 22.5. The van der Waals surface area contributed by atoms with Gasteiger partial charge in [0.2, 0.25) is 11.8 Å². The van der Waals surface area contributed by atoms with Gasteiger partial charge in [0.05, 0.1) is 25.9 Å². The van der Waals surface area contributed by atoms with Crippen LogP contribution in [0.3, 0.4) is 0 Å². The average Bonchev–Trinajstić information content (AvgIpc) is 2.45. The number of aliphatic hydroxyl groups is 2. The van der Waals surface area contributed by atoms with E-state index in [-0.39, 0.29) is 36.3 Å². The predicted molar refractivity (Wildman–Crippen MR) is 69.4 cm³/mol. The number of amides is 1. The number of nitrogens with one attached hydrogen (secondary N) is 1. The van der Waals surface area contributed by atoms with E-state index < -0.39 is 12.2 Å². The third-order valence-electron chi connectivity index (χ3n) is 2.63. The number of ether oxygens (including phenoxy) is 2. The Morgan fingerprint density at radius 2 is 2.10 bits per heavy atom. The molecule has 20 heavy (non-hydrogen) atoms. The lowest BCUT2D eigenvalue weighted by Gasteiger charge is -2.19. The molecule has 112 valence electrons. The van der Waals surface area contributed by atoms with Crippen LogP contribution in [0.1, 0.15) is 25.0 Å². The Hall–Kier alpha value is -1.93. The molecule has 3 N–H and O–H groups in total. The van der Waals surface area contributed by atoms with E-state index in [1.807, 2.05) is 0 Å². The Kier molecular flexibility index (Phi) is 6.13. The van der Waals surface area contributed by atoms with E-state index in [1.165, 1.54) is 27.3 Å². The van der Waals surface area contributed by atoms with Gasteiger partial charge in [0.15, 0.2) is 0 Å². The Labute approximate surface area is 116 Å². The number of rotatable bonds is 7. The fourth-order valence-electron chi connectivity index (χ4n) is 1.59. The molecule has 0 aliphatic rings. The van der Waals surface area contributed by atoms with Crippen molar-refractivity contribution < 1.29 is 24.5 Å². The number of carbonyl (C=O) groups is 1. The zero-order valence-corrected chi connectivity index (χ0v) is 11.7. The summed E-state index contributed by atoms with van der Waals surface area (Å²) < 4.78 is 9.88. The minimum absolute atomic E-state index is 0.102. The van der Waals surface area contributed by atoms with E-state index in [0.29, 0.717) is 0 Å². The molecular weight excluding hydrogens is 266 g/mol. The highest BCUT2D eigenvalue weighted by atomic mass is 16.5. The number of hydrogen-bond acceptors (Lipinski definition) is 7. The Balaban J connectivity index is 2.74. The quantitative estimate of drug-likeness (QED) is 0.613. The molecule has 1 aromatic rings. The van der Waals surface area contributed by atoms with Gasteiger partial charge in [0.25, 0.3) is 0 Å².